The number of rotatable bonds is 2. The Labute approximate surface area is 48.6 Å². The first-order valence-electron chi connectivity index (χ1n) is 1.31. The molecule has 0 aliphatic rings. The predicted molar refractivity (Wildman–Crippen MR) is 30.7 cm³/mol. The van der Waals surface area contributed by atoms with E-state index in [-0.39, 0.29) is 0 Å². The summed E-state index contributed by atoms with van der Waals surface area (Å²) in [5.41, 5.74) is 0. The van der Waals surface area contributed by atoms with Crippen molar-refractivity contribution in [2.45, 2.75) is 0 Å². The van der Waals surface area contributed by atoms with Crippen molar-refractivity contribution in [3.05, 3.63) is 0 Å². The third-order valence-electron chi connectivity index (χ3n) is 0.189. The Kier molecular flexibility index (Phi) is 5.83. The Bertz CT molecular complexity index is 15.1. The molecule has 0 fully saturated rings. The van der Waals surface area contributed by atoms with Crippen LogP contribution in [0, 0.1) is 0 Å². The Balaban J connectivity index is 2.19. The van der Waals surface area contributed by atoms with Crippen molar-refractivity contribution in [3.8, 4) is 0 Å². The molecule has 1 nitrogen and oxygen atoms in total. The zero-order chi connectivity index (χ0) is 4.12. The summed E-state index contributed by atoms with van der Waals surface area (Å²) in [6, 6.07) is 0. The van der Waals surface area contributed by atoms with Gasteiger partial charge in [-0.25, -0.2) is 0 Å². The first-order valence-corrected chi connectivity index (χ1v) is 3.22. The summed E-state index contributed by atoms with van der Waals surface area (Å²) in [5.74, 6) is 0. The van der Waals surface area contributed by atoms with E-state index in [0.717, 1.165) is 11.9 Å². The summed E-state index contributed by atoms with van der Waals surface area (Å²) in [4.78, 5) is 0. The molecule has 0 amide bonds. The van der Waals surface area contributed by atoms with E-state index < -0.39 is 0 Å². The highest BCUT2D eigenvalue weighted by Crippen LogP contribution is 1.75. The normalized spacial score (nSPS) is 8.40. The van der Waals surface area contributed by atoms with E-state index in [0.29, 0.717) is 0 Å². The van der Waals surface area contributed by atoms with Crippen LogP contribution in [0.15, 0.2) is 0 Å². The van der Waals surface area contributed by atoms with Crippen molar-refractivity contribution in [3.63, 3.8) is 0 Å². The van der Waals surface area contributed by atoms with E-state index in [2.05, 4.69) is 36.4 Å². The van der Waals surface area contributed by atoms with Gasteiger partial charge in [0, 0.05) is 28.0 Å². The Hall–Kier alpha value is 0.920. The first kappa shape index (κ1) is 5.92. The zero-order valence-corrected chi connectivity index (χ0v) is 5.84. The van der Waals surface area contributed by atoms with Crippen molar-refractivity contribution < 1.29 is 0 Å². The molecule has 0 atom stereocenters. The smallest absolute Gasteiger partial charge is 0.0166 e. The van der Waals surface area contributed by atoms with Gasteiger partial charge >= 0.3 is 0 Å². The van der Waals surface area contributed by atoms with E-state index in [9.17, 15) is 0 Å². The van der Waals surface area contributed by atoms with Crippen molar-refractivity contribution in [2.75, 3.05) is 11.9 Å². The second-order valence-electron chi connectivity index (χ2n) is 0.573. The van der Waals surface area contributed by atoms with Crippen molar-refractivity contribution in [1.29, 1.82) is 0 Å². The number of halogens is 2. The van der Waals surface area contributed by atoms with Gasteiger partial charge in [0.1, 0.15) is 0 Å². The predicted octanol–water partition coefficient (Wildman–Crippen LogP) is 1.28. The van der Waals surface area contributed by atoms with E-state index >= 15 is 0 Å². The van der Waals surface area contributed by atoms with Gasteiger partial charge in [0.25, 0.3) is 0 Å². The van der Waals surface area contributed by atoms with Gasteiger partial charge < -0.3 is 0 Å². The van der Waals surface area contributed by atoms with Crippen LogP contribution in [0.3, 0.4) is 0 Å². The topological polar surface area (TPSA) is 12.0 Å². The summed E-state index contributed by atoms with van der Waals surface area (Å²) >= 11 is 6.25. The summed E-state index contributed by atoms with van der Waals surface area (Å²) in [5, 5.41) is 0.998. The Morgan fingerprint density at radius 3 is 2.20 bits per heavy atom. The summed E-state index contributed by atoms with van der Waals surface area (Å²) in [7, 11) is 0. The molecule has 0 rings (SSSR count). The molecule has 1 N–H and O–H groups in total. The highest BCUT2D eigenvalue weighted by molar-refractivity contribution is 9.09. The minimum atomic E-state index is 0.972. The number of nitrogens with one attached hydrogen (secondary N) is 1. The molecule has 0 unspecified atom stereocenters. The Morgan fingerprint density at radius 2 is 2.20 bits per heavy atom. The largest absolute Gasteiger partial charge is 0.255 e. The molecule has 0 bridgehead atoms. The standard InChI is InChI=1S/C2H5Br2N/c3-1-2-5-4/h5H,1-2H2. The van der Waals surface area contributed by atoms with Gasteiger partial charge in [-0.05, 0) is 0 Å². The molecular weight excluding hydrogens is 198 g/mol. The van der Waals surface area contributed by atoms with Gasteiger partial charge in [-0.15, -0.1) is 0 Å². The molecule has 0 aromatic rings. The van der Waals surface area contributed by atoms with Gasteiger partial charge in [-0.2, -0.15) is 0 Å². The number of hydrogen-bond acceptors (Lipinski definition) is 1. The van der Waals surface area contributed by atoms with Crippen LogP contribution in [0.2, 0.25) is 0 Å². The Morgan fingerprint density at radius 1 is 1.60 bits per heavy atom. The maximum atomic E-state index is 3.22. The molecule has 0 saturated heterocycles. The lowest BCUT2D eigenvalue weighted by Gasteiger charge is -1.80. The van der Waals surface area contributed by atoms with Crippen LogP contribution in [0.5, 0.6) is 0 Å². The molecule has 0 saturated carbocycles. The number of hydrogen-bond donors (Lipinski definition) is 1. The van der Waals surface area contributed by atoms with Crippen molar-refractivity contribution in [1.82, 2.24) is 4.34 Å². The van der Waals surface area contributed by atoms with Gasteiger partial charge in [0.15, 0.2) is 0 Å². The van der Waals surface area contributed by atoms with Crippen molar-refractivity contribution in [2.24, 2.45) is 0 Å². The molecular formula is C2H5Br2N. The molecule has 0 aliphatic heterocycles. The second-order valence-corrected chi connectivity index (χ2v) is 1.93. The van der Waals surface area contributed by atoms with Crippen molar-refractivity contribution >= 4 is 32.1 Å². The fourth-order valence-electron chi connectivity index (χ4n) is 0.0357. The van der Waals surface area contributed by atoms with Crippen LogP contribution in [-0.4, -0.2) is 11.9 Å². The quantitative estimate of drug-likeness (QED) is 0.526. The SMILES string of the molecule is BrCCNBr. The molecule has 0 aliphatic carbocycles. The highest BCUT2D eigenvalue weighted by Gasteiger charge is 1.68. The first-order chi connectivity index (χ1) is 2.41. The van der Waals surface area contributed by atoms with Crippen LogP contribution in [-0.2, 0) is 0 Å². The highest BCUT2D eigenvalue weighted by atomic mass is 79.9. The molecule has 0 aromatic carbocycles. The molecule has 0 radical (unpaired) electrons. The van der Waals surface area contributed by atoms with Gasteiger partial charge in [0.2, 0.25) is 0 Å². The minimum Gasteiger partial charge on any atom is -0.255 e. The fourth-order valence-corrected chi connectivity index (χ4v) is 0.964. The summed E-state index contributed by atoms with van der Waals surface area (Å²) in [6.07, 6.45) is 0. The van der Waals surface area contributed by atoms with Gasteiger partial charge in [-0.3, -0.25) is 4.34 Å². The van der Waals surface area contributed by atoms with E-state index in [4.69, 9.17) is 0 Å². The number of alkyl halides is 1. The fraction of sp³-hybridized carbons (Fsp3) is 1.00. The van der Waals surface area contributed by atoms with Crippen LogP contribution in [0.4, 0.5) is 0 Å². The average molecular weight is 203 g/mol. The van der Waals surface area contributed by atoms with E-state index in [1.807, 2.05) is 0 Å². The van der Waals surface area contributed by atoms with Crippen LogP contribution >= 0.6 is 32.1 Å². The second kappa shape index (κ2) is 4.92. The minimum absolute atomic E-state index is 0.972. The lowest BCUT2D eigenvalue weighted by molar-refractivity contribution is 1.08. The maximum absolute atomic E-state index is 3.22. The molecule has 32 valence electrons. The lowest BCUT2D eigenvalue weighted by Crippen LogP contribution is -1.99. The zero-order valence-electron chi connectivity index (χ0n) is 2.67. The lowest BCUT2D eigenvalue weighted by atomic mass is 10.8. The van der Waals surface area contributed by atoms with Crippen LogP contribution < -0.4 is 4.34 Å². The molecule has 0 spiro atoms. The average Bonchev–Trinajstić information content (AvgIpc) is 1.41. The summed E-state index contributed by atoms with van der Waals surface area (Å²) < 4.78 is 2.78. The summed E-state index contributed by atoms with van der Waals surface area (Å²) in [6.45, 7) is 0.972. The molecule has 3 heteroatoms. The van der Waals surface area contributed by atoms with E-state index in [1.165, 1.54) is 0 Å². The van der Waals surface area contributed by atoms with Crippen LogP contribution in [0.25, 0.3) is 0 Å². The van der Waals surface area contributed by atoms with Gasteiger partial charge in [0.05, 0.1) is 0 Å². The monoisotopic (exact) mass is 201 g/mol. The third kappa shape index (κ3) is 4.92. The van der Waals surface area contributed by atoms with E-state index in [1.54, 1.807) is 0 Å². The van der Waals surface area contributed by atoms with Crippen LogP contribution in [0.1, 0.15) is 0 Å². The molecule has 5 heavy (non-hydrogen) atoms. The molecule has 0 aromatic heterocycles. The molecule has 0 heterocycles. The maximum Gasteiger partial charge on any atom is 0.0166 e. The van der Waals surface area contributed by atoms with Gasteiger partial charge in [-0.1, -0.05) is 15.9 Å². The third-order valence-corrected chi connectivity index (χ3v) is 0.982.